The van der Waals surface area contributed by atoms with Gasteiger partial charge in [0.25, 0.3) is 5.56 Å². The second kappa shape index (κ2) is 4.69. The van der Waals surface area contributed by atoms with Crippen molar-refractivity contribution in [1.29, 1.82) is 0 Å². The lowest BCUT2D eigenvalue weighted by atomic mass is 10.2. The van der Waals surface area contributed by atoms with Gasteiger partial charge in [0, 0.05) is 12.3 Å². The van der Waals surface area contributed by atoms with E-state index < -0.39 is 5.69 Å². The normalized spacial score (nSPS) is 10.2. The topological polar surface area (TPSA) is 64.1 Å². The number of aromatic nitrogens is 2. The Kier molecular flexibility index (Phi) is 3.09. The maximum absolute atomic E-state index is 11.5. The Morgan fingerprint density at radius 2 is 1.88 bits per heavy atom. The second-order valence-electron chi connectivity index (χ2n) is 3.56. The SMILES string of the molecule is COc1ccc(Cn2c(=O)cc[nH]c2=O)cc1. The zero-order valence-electron chi connectivity index (χ0n) is 9.34. The van der Waals surface area contributed by atoms with Crippen molar-refractivity contribution in [3.05, 3.63) is 62.9 Å². The van der Waals surface area contributed by atoms with Gasteiger partial charge in [0.15, 0.2) is 0 Å². The van der Waals surface area contributed by atoms with Crippen LogP contribution in [0, 0.1) is 0 Å². The van der Waals surface area contributed by atoms with E-state index in [0.717, 1.165) is 15.9 Å². The van der Waals surface area contributed by atoms with Crippen LogP contribution in [0.2, 0.25) is 0 Å². The number of H-pyrrole nitrogens is 1. The fraction of sp³-hybridized carbons (Fsp3) is 0.167. The number of methoxy groups -OCH3 is 1. The van der Waals surface area contributed by atoms with Crippen LogP contribution in [0.4, 0.5) is 0 Å². The maximum Gasteiger partial charge on any atom is 0.328 e. The Morgan fingerprint density at radius 1 is 1.18 bits per heavy atom. The molecule has 1 heterocycles. The molecule has 0 fully saturated rings. The van der Waals surface area contributed by atoms with Gasteiger partial charge in [-0.25, -0.2) is 4.79 Å². The molecule has 2 rings (SSSR count). The van der Waals surface area contributed by atoms with E-state index in [1.807, 2.05) is 12.1 Å². The van der Waals surface area contributed by atoms with Gasteiger partial charge in [-0.2, -0.15) is 0 Å². The molecule has 0 aliphatic rings. The van der Waals surface area contributed by atoms with Crippen molar-refractivity contribution in [3.63, 3.8) is 0 Å². The molecule has 17 heavy (non-hydrogen) atoms. The summed E-state index contributed by atoms with van der Waals surface area (Å²) in [7, 11) is 1.58. The van der Waals surface area contributed by atoms with Gasteiger partial charge in [0.2, 0.25) is 0 Å². The molecule has 0 bridgehead atoms. The van der Waals surface area contributed by atoms with Gasteiger partial charge < -0.3 is 9.72 Å². The molecule has 2 aromatic rings. The van der Waals surface area contributed by atoms with Crippen LogP contribution < -0.4 is 16.0 Å². The minimum atomic E-state index is -0.409. The molecule has 0 aliphatic heterocycles. The quantitative estimate of drug-likeness (QED) is 0.842. The van der Waals surface area contributed by atoms with Crippen molar-refractivity contribution in [2.24, 2.45) is 0 Å². The maximum atomic E-state index is 11.5. The van der Waals surface area contributed by atoms with Crippen LogP contribution in [0.25, 0.3) is 0 Å². The van der Waals surface area contributed by atoms with Crippen LogP contribution in [0.1, 0.15) is 5.56 Å². The number of nitrogens with one attached hydrogen (secondary N) is 1. The molecule has 0 amide bonds. The third-order valence-electron chi connectivity index (χ3n) is 2.44. The Labute approximate surface area is 97.3 Å². The molecular weight excluding hydrogens is 220 g/mol. The number of aromatic amines is 1. The zero-order chi connectivity index (χ0) is 12.3. The first-order chi connectivity index (χ1) is 8.20. The molecule has 0 atom stereocenters. The minimum absolute atomic E-state index is 0.249. The summed E-state index contributed by atoms with van der Waals surface area (Å²) in [5, 5.41) is 0. The molecule has 0 unspecified atom stereocenters. The van der Waals surface area contributed by atoms with Crippen LogP contribution in [-0.4, -0.2) is 16.7 Å². The molecule has 1 aromatic heterocycles. The lowest BCUT2D eigenvalue weighted by molar-refractivity contribution is 0.414. The molecule has 0 radical (unpaired) electrons. The summed E-state index contributed by atoms with van der Waals surface area (Å²) in [5.41, 5.74) is 0.141. The summed E-state index contributed by atoms with van der Waals surface area (Å²) >= 11 is 0. The highest BCUT2D eigenvalue weighted by molar-refractivity contribution is 5.27. The number of rotatable bonds is 3. The van der Waals surface area contributed by atoms with Crippen LogP contribution in [-0.2, 0) is 6.54 Å². The van der Waals surface area contributed by atoms with Gasteiger partial charge in [0.05, 0.1) is 13.7 Å². The highest BCUT2D eigenvalue weighted by Gasteiger charge is 2.01. The fourth-order valence-electron chi connectivity index (χ4n) is 1.52. The largest absolute Gasteiger partial charge is 0.497 e. The molecule has 5 nitrogen and oxygen atoms in total. The summed E-state index contributed by atoms with van der Waals surface area (Å²) in [4.78, 5) is 25.4. The van der Waals surface area contributed by atoms with Gasteiger partial charge in [-0.3, -0.25) is 9.36 Å². The highest BCUT2D eigenvalue weighted by Crippen LogP contribution is 2.11. The molecule has 1 N–H and O–H groups in total. The van der Waals surface area contributed by atoms with E-state index in [1.54, 1.807) is 19.2 Å². The van der Waals surface area contributed by atoms with Crippen LogP contribution >= 0.6 is 0 Å². The summed E-state index contributed by atoms with van der Waals surface area (Å²) < 4.78 is 6.17. The van der Waals surface area contributed by atoms with Crippen molar-refractivity contribution in [2.75, 3.05) is 7.11 Å². The van der Waals surface area contributed by atoms with Gasteiger partial charge >= 0.3 is 5.69 Å². The summed E-state index contributed by atoms with van der Waals surface area (Å²) in [6, 6.07) is 8.54. The summed E-state index contributed by atoms with van der Waals surface area (Å²) in [6.45, 7) is 0.249. The third kappa shape index (κ3) is 2.44. The number of ether oxygens (including phenoxy) is 1. The smallest absolute Gasteiger partial charge is 0.328 e. The first-order valence-corrected chi connectivity index (χ1v) is 5.12. The molecule has 0 saturated carbocycles. The molecule has 88 valence electrons. The average molecular weight is 232 g/mol. The first-order valence-electron chi connectivity index (χ1n) is 5.12. The number of hydrogen-bond acceptors (Lipinski definition) is 3. The Bertz CT molecular complexity index is 582. The Hall–Kier alpha value is -2.30. The summed E-state index contributed by atoms with van der Waals surface area (Å²) in [5.74, 6) is 0.739. The predicted molar refractivity (Wildman–Crippen MR) is 63.4 cm³/mol. The van der Waals surface area contributed by atoms with E-state index in [9.17, 15) is 9.59 Å². The van der Waals surface area contributed by atoms with E-state index in [1.165, 1.54) is 12.3 Å². The van der Waals surface area contributed by atoms with Crippen molar-refractivity contribution >= 4 is 0 Å². The van der Waals surface area contributed by atoms with Gasteiger partial charge in [0.1, 0.15) is 5.75 Å². The van der Waals surface area contributed by atoms with Crippen molar-refractivity contribution in [3.8, 4) is 5.75 Å². The fourth-order valence-corrected chi connectivity index (χ4v) is 1.52. The zero-order valence-corrected chi connectivity index (χ0v) is 9.34. The molecular formula is C12H12N2O3. The van der Waals surface area contributed by atoms with Gasteiger partial charge in [-0.1, -0.05) is 12.1 Å². The van der Waals surface area contributed by atoms with Crippen molar-refractivity contribution in [1.82, 2.24) is 9.55 Å². The lowest BCUT2D eigenvalue weighted by Crippen LogP contribution is -2.34. The minimum Gasteiger partial charge on any atom is -0.497 e. The van der Waals surface area contributed by atoms with Crippen molar-refractivity contribution in [2.45, 2.75) is 6.54 Å². The number of hydrogen-bond donors (Lipinski definition) is 1. The molecule has 0 aliphatic carbocycles. The van der Waals surface area contributed by atoms with E-state index >= 15 is 0 Å². The Morgan fingerprint density at radius 3 is 2.47 bits per heavy atom. The first kappa shape index (κ1) is 11.2. The predicted octanol–water partition coefficient (Wildman–Crippen LogP) is 0.593. The number of benzene rings is 1. The highest BCUT2D eigenvalue weighted by atomic mass is 16.5. The standard InChI is InChI=1S/C12H12N2O3/c1-17-10-4-2-9(3-5-10)8-14-11(15)6-7-13-12(14)16/h2-7H,8H2,1H3,(H,13,16). The van der Waals surface area contributed by atoms with Gasteiger partial charge in [-0.05, 0) is 17.7 Å². The third-order valence-corrected chi connectivity index (χ3v) is 2.44. The molecule has 0 spiro atoms. The van der Waals surface area contributed by atoms with Crippen LogP contribution in [0.5, 0.6) is 5.75 Å². The number of nitrogens with zero attached hydrogens (tertiary/aromatic N) is 1. The molecule has 0 saturated heterocycles. The average Bonchev–Trinajstić information content (AvgIpc) is 2.35. The molecule has 5 heteroatoms. The van der Waals surface area contributed by atoms with Crippen LogP contribution in [0.3, 0.4) is 0 Å². The molecule has 1 aromatic carbocycles. The Balaban J connectivity index is 2.32. The monoisotopic (exact) mass is 232 g/mol. The van der Waals surface area contributed by atoms with Gasteiger partial charge in [-0.15, -0.1) is 0 Å². The van der Waals surface area contributed by atoms with E-state index in [0.29, 0.717) is 0 Å². The van der Waals surface area contributed by atoms with Crippen molar-refractivity contribution < 1.29 is 4.74 Å². The second-order valence-corrected chi connectivity index (χ2v) is 3.56. The van der Waals surface area contributed by atoms with E-state index in [2.05, 4.69) is 4.98 Å². The lowest BCUT2D eigenvalue weighted by Gasteiger charge is -2.05. The van der Waals surface area contributed by atoms with Crippen LogP contribution in [0.15, 0.2) is 46.1 Å². The van der Waals surface area contributed by atoms with E-state index in [4.69, 9.17) is 4.74 Å². The van der Waals surface area contributed by atoms with E-state index in [-0.39, 0.29) is 12.1 Å². The summed E-state index contributed by atoms with van der Waals surface area (Å²) in [6.07, 6.45) is 1.34.